The Labute approximate surface area is 167 Å². The van der Waals surface area contributed by atoms with Gasteiger partial charge in [0.2, 0.25) is 0 Å². The zero-order chi connectivity index (χ0) is 19.9. The quantitative estimate of drug-likeness (QED) is 0.383. The lowest BCUT2D eigenvalue weighted by molar-refractivity contribution is 0.0717. The zero-order valence-corrected chi connectivity index (χ0v) is 17.1. The SMILES string of the molecule is C/C(N)=N/COCc1ccc2c3ccccc3n(C3CCOCC3)c2c1.CC. The highest BCUT2D eigenvalue weighted by molar-refractivity contribution is 6.08. The molecule has 2 aromatic carbocycles. The summed E-state index contributed by atoms with van der Waals surface area (Å²) in [4.78, 5) is 4.08. The number of fused-ring (bicyclic) bond motifs is 3. The number of amidine groups is 1. The molecule has 0 aliphatic carbocycles. The van der Waals surface area contributed by atoms with Crippen LogP contribution in [0.2, 0.25) is 0 Å². The third kappa shape index (κ3) is 4.37. The standard InChI is InChI=1S/C21H25N3O2.C2H6/c1-15(22)23-14-26-13-16-6-7-19-18-4-2-3-5-20(18)24(21(19)12-16)17-8-10-25-11-9-17;1-2/h2-7,12,17H,8-11,13-14H2,1H3,(H2,22,23);1-2H3. The molecule has 2 heterocycles. The van der Waals surface area contributed by atoms with Gasteiger partial charge in [-0.15, -0.1) is 0 Å². The molecule has 0 spiro atoms. The van der Waals surface area contributed by atoms with Crippen LogP contribution in [0.5, 0.6) is 0 Å². The van der Waals surface area contributed by atoms with Crippen molar-refractivity contribution in [1.29, 1.82) is 0 Å². The average molecular weight is 382 g/mol. The van der Waals surface area contributed by atoms with E-state index in [-0.39, 0.29) is 0 Å². The summed E-state index contributed by atoms with van der Waals surface area (Å²) in [5.41, 5.74) is 9.28. The number of para-hydroxylation sites is 1. The highest BCUT2D eigenvalue weighted by atomic mass is 16.5. The van der Waals surface area contributed by atoms with E-state index < -0.39 is 0 Å². The number of aromatic nitrogens is 1. The summed E-state index contributed by atoms with van der Waals surface area (Å²) in [6.45, 7) is 8.25. The first kappa shape index (κ1) is 20.4. The van der Waals surface area contributed by atoms with Crippen LogP contribution in [0, 0.1) is 0 Å². The highest BCUT2D eigenvalue weighted by Gasteiger charge is 2.20. The molecule has 0 bridgehead atoms. The van der Waals surface area contributed by atoms with Gasteiger partial charge in [-0.05, 0) is 37.5 Å². The molecule has 5 heteroatoms. The molecule has 1 aliphatic rings. The lowest BCUT2D eigenvalue weighted by atomic mass is 10.1. The third-order valence-electron chi connectivity index (χ3n) is 5.01. The summed E-state index contributed by atoms with van der Waals surface area (Å²) in [6, 6.07) is 15.7. The molecular formula is C23H31N3O2. The zero-order valence-electron chi connectivity index (χ0n) is 17.1. The van der Waals surface area contributed by atoms with E-state index in [1.807, 2.05) is 13.8 Å². The molecule has 0 atom stereocenters. The third-order valence-corrected chi connectivity index (χ3v) is 5.01. The van der Waals surface area contributed by atoms with Crippen molar-refractivity contribution >= 4 is 27.6 Å². The van der Waals surface area contributed by atoms with E-state index in [0.29, 0.717) is 25.2 Å². The Morgan fingerprint density at radius 3 is 2.57 bits per heavy atom. The number of nitrogens with two attached hydrogens (primary N) is 1. The van der Waals surface area contributed by atoms with Gasteiger partial charge in [-0.2, -0.15) is 0 Å². The normalized spacial score (nSPS) is 15.6. The van der Waals surface area contributed by atoms with E-state index in [9.17, 15) is 0 Å². The molecular weight excluding hydrogens is 350 g/mol. The number of hydrogen-bond acceptors (Lipinski definition) is 3. The Balaban J connectivity index is 0.00000109. The minimum absolute atomic E-state index is 0.295. The molecule has 1 aromatic heterocycles. The van der Waals surface area contributed by atoms with Crippen LogP contribution in [-0.4, -0.2) is 30.3 Å². The van der Waals surface area contributed by atoms with Gasteiger partial charge in [0, 0.05) is 41.1 Å². The van der Waals surface area contributed by atoms with E-state index in [0.717, 1.165) is 31.6 Å². The Morgan fingerprint density at radius 2 is 1.82 bits per heavy atom. The summed E-state index contributed by atoms with van der Waals surface area (Å²) in [6.07, 6.45) is 2.11. The first-order valence-corrected chi connectivity index (χ1v) is 10.2. The van der Waals surface area contributed by atoms with E-state index in [4.69, 9.17) is 15.2 Å². The van der Waals surface area contributed by atoms with Crippen molar-refractivity contribution in [2.75, 3.05) is 19.9 Å². The van der Waals surface area contributed by atoms with Crippen LogP contribution in [0.25, 0.3) is 21.8 Å². The molecule has 0 amide bonds. The van der Waals surface area contributed by atoms with Crippen molar-refractivity contribution in [2.45, 2.75) is 46.3 Å². The van der Waals surface area contributed by atoms with Crippen molar-refractivity contribution in [3.05, 3.63) is 48.0 Å². The monoisotopic (exact) mass is 381 g/mol. The first-order valence-electron chi connectivity index (χ1n) is 10.2. The van der Waals surface area contributed by atoms with E-state index >= 15 is 0 Å². The van der Waals surface area contributed by atoms with Crippen LogP contribution in [-0.2, 0) is 16.1 Å². The fourth-order valence-electron chi connectivity index (χ4n) is 3.78. The summed E-state index contributed by atoms with van der Waals surface area (Å²) < 4.78 is 13.7. The Kier molecular flexibility index (Phi) is 7.06. The highest BCUT2D eigenvalue weighted by Crippen LogP contribution is 2.35. The van der Waals surface area contributed by atoms with Crippen LogP contribution in [0.4, 0.5) is 0 Å². The second kappa shape index (κ2) is 9.71. The van der Waals surface area contributed by atoms with Crippen molar-refractivity contribution in [3.63, 3.8) is 0 Å². The van der Waals surface area contributed by atoms with Gasteiger partial charge < -0.3 is 19.8 Å². The minimum atomic E-state index is 0.295. The average Bonchev–Trinajstić information content (AvgIpc) is 3.07. The molecule has 1 saturated heterocycles. The smallest absolute Gasteiger partial charge is 0.139 e. The molecule has 150 valence electrons. The number of hydrogen-bond donors (Lipinski definition) is 1. The van der Waals surface area contributed by atoms with E-state index in [2.05, 4.69) is 52.0 Å². The first-order chi connectivity index (χ1) is 13.7. The van der Waals surface area contributed by atoms with Crippen molar-refractivity contribution in [3.8, 4) is 0 Å². The van der Waals surface area contributed by atoms with Gasteiger partial charge in [0.05, 0.1) is 12.4 Å². The molecule has 5 nitrogen and oxygen atoms in total. The topological polar surface area (TPSA) is 61.8 Å². The number of nitrogens with zero attached hydrogens (tertiary/aromatic N) is 2. The summed E-state index contributed by atoms with van der Waals surface area (Å²) in [7, 11) is 0. The van der Waals surface area contributed by atoms with Gasteiger partial charge in [0.15, 0.2) is 0 Å². The lowest BCUT2D eigenvalue weighted by Gasteiger charge is -2.25. The van der Waals surface area contributed by atoms with Crippen LogP contribution >= 0.6 is 0 Å². The van der Waals surface area contributed by atoms with Gasteiger partial charge in [-0.1, -0.05) is 44.2 Å². The maximum Gasteiger partial charge on any atom is 0.139 e. The summed E-state index contributed by atoms with van der Waals surface area (Å²) >= 11 is 0. The van der Waals surface area contributed by atoms with Gasteiger partial charge in [0.1, 0.15) is 6.73 Å². The second-order valence-corrected chi connectivity index (χ2v) is 6.86. The number of ether oxygens (including phenoxy) is 2. The molecule has 2 N–H and O–H groups in total. The Morgan fingerprint density at radius 1 is 1.11 bits per heavy atom. The summed E-state index contributed by atoms with van der Waals surface area (Å²) in [5, 5.41) is 2.61. The van der Waals surface area contributed by atoms with Crippen LogP contribution in [0.15, 0.2) is 47.5 Å². The van der Waals surface area contributed by atoms with Gasteiger partial charge >= 0.3 is 0 Å². The number of rotatable bonds is 5. The molecule has 1 fully saturated rings. The molecule has 0 radical (unpaired) electrons. The molecule has 4 rings (SSSR count). The lowest BCUT2D eigenvalue weighted by Crippen LogP contribution is -2.19. The van der Waals surface area contributed by atoms with Crippen molar-refractivity contribution in [1.82, 2.24) is 4.57 Å². The maximum atomic E-state index is 5.64. The van der Waals surface area contributed by atoms with E-state index in [1.54, 1.807) is 6.92 Å². The van der Waals surface area contributed by atoms with Gasteiger partial charge in [-0.25, -0.2) is 4.99 Å². The predicted molar refractivity (Wildman–Crippen MR) is 117 cm³/mol. The Bertz CT molecular complexity index is 936. The van der Waals surface area contributed by atoms with Crippen molar-refractivity contribution < 1.29 is 9.47 Å². The molecule has 28 heavy (non-hydrogen) atoms. The second-order valence-electron chi connectivity index (χ2n) is 6.86. The number of aliphatic imine (C=N–C) groups is 1. The molecule has 0 unspecified atom stereocenters. The fraction of sp³-hybridized carbons (Fsp3) is 0.435. The predicted octanol–water partition coefficient (Wildman–Crippen LogP) is 5.02. The largest absolute Gasteiger partial charge is 0.388 e. The molecule has 0 saturated carbocycles. The van der Waals surface area contributed by atoms with Crippen LogP contribution < -0.4 is 5.73 Å². The Hall–Kier alpha value is -2.37. The van der Waals surface area contributed by atoms with Gasteiger partial charge in [-0.3, -0.25) is 0 Å². The number of benzene rings is 2. The van der Waals surface area contributed by atoms with Gasteiger partial charge in [0.25, 0.3) is 0 Å². The summed E-state index contributed by atoms with van der Waals surface area (Å²) in [5.74, 6) is 0.542. The van der Waals surface area contributed by atoms with Crippen molar-refractivity contribution in [2.24, 2.45) is 10.7 Å². The van der Waals surface area contributed by atoms with E-state index in [1.165, 1.54) is 21.8 Å². The minimum Gasteiger partial charge on any atom is -0.388 e. The van der Waals surface area contributed by atoms with Crippen LogP contribution in [0.3, 0.4) is 0 Å². The molecule has 3 aromatic rings. The van der Waals surface area contributed by atoms with Crippen LogP contribution in [0.1, 0.15) is 45.2 Å². The maximum absolute atomic E-state index is 5.64. The molecule has 1 aliphatic heterocycles. The fourth-order valence-corrected chi connectivity index (χ4v) is 3.78.